The van der Waals surface area contributed by atoms with Crippen LogP contribution in [0.1, 0.15) is 38.5 Å². The van der Waals surface area contributed by atoms with E-state index < -0.39 is 0 Å². The molecule has 1 aliphatic heterocycles. The van der Waals surface area contributed by atoms with Crippen LogP contribution in [0.2, 0.25) is 5.02 Å². The Labute approximate surface area is 197 Å². The number of amides is 1. The Morgan fingerprint density at radius 1 is 1.07 bits per heavy atom. The second-order valence-corrected chi connectivity index (χ2v) is 10.1. The lowest BCUT2D eigenvalue weighted by Crippen LogP contribution is -2.47. The van der Waals surface area contributed by atoms with E-state index in [-0.39, 0.29) is 30.2 Å². The van der Waals surface area contributed by atoms with Gasteiger partial charge in [0.05, 0.1) is 5.41 Å². The predicted octanol–water partition coefficient (Wildman–Crippen LogP) is 4.64. The summed E-state index contributed by atoms with van der Waals surface area (Å²) < 4.78 is 0. The molecule has 30 heavy (non-hydrogen) atoms. The lowest BCUT2D eigenvalue weighted by atomic mass is 9.75. The van der Waals surface area contributed by atoms with Crippen LogP contribution >= 0.6 is 36.4 Å². The molecular formula is C23H34Cl3N3O. The van der Waals surface area contributed by atoms with Crippen molar-refractivity contribution in [1.82, 2.24) is 10.2 Å². The molecule has 5 aliphatic rings. The van der Waals surface area contributed by atoms with Gasteiger partial charge in [-0.05, 0) is 81.0 Å². The number of hydrogen-bond acceptors (Lipinski definition) is 3. The minimum Gasteiger partial charge on any atom is -0.369 e. The average Bonchev–Trinajstić information content (AvgIpc) is 3.10. The molecule has 1 aromatic carbocycles. The van der Waals surface area contributed by atoms with Crippen molar-refractivity contribution in [1.29, 1.82) is 0 Å². The van der Waals surface area contributed by atoms with E-state index in [0.717, 1.165) is 62.5 Å². The van der Waals surface area contributed by atoms with E-state index in [9.17, 15) is 4.79 Å². The van der Waals surface area contributed by atoms with E-state index in [4.69, 9.17) is 11.6 Å². The van der Waals surface area contributed by atoms with Gasteiger partial charge in [-0.2, -0.15) is 0 Å². The fraction of sp³-hybridized carbons (Fsp3) is 0.696. The fourth-order valence-corrected chi connectivity index (χ4v) is 6.93. The molecule has 0 radical (unpaired) electrons. The molecule has 4 aliphatic carbocycles. The number of nitrogens with zero attached hydrogens (tertiary/aromatic N) is 2. The van der Waals surface area contributed by atoms with E-state index in [1.165, 1.54) is 37.8 Å². The molecule has 5 fully saturated rings. The van der Waals surface area contributed by atoms with Gasteiger partial charge in [0, 0.05) is 43.4 Å². The van der Waals surface area contributed by atoms with Crippen LogP contribution in [0.4, 0.5) is 5.69 Å². The van der Waals surface area contributed by atoms with E-state index in [1.54, 1.807) is 0 Å². The number of benzene rings is 1. The first-order chi connectivity index (χ1) is 13.6. The maximum atomic E-state index is 13.0. The Hall–Kier alpha value is -0.680. The van der Waals surface area contributed by atoms with Crippen LogP contribution in [-0.2, 0) is 4.79 Å². The van der Waals surface area contributed by atoms with E-state index in [1.807, 2.05) is 12.1 Å². The van der Waals surface area contributed by atoms with Gasteiger partial charge in [-0.3, -0.25) is 9.69 Å². The molecule has 0 spiro atoms. The number of nitrogens with one attached hydrogen (secondary N) is 1. The number of anilines is 1. The highest BCUT2D eigenvalue weighted by Gasteiger charge is 2.61. The first-order valence-electron chi connectivity index (χ1n) is 11.1. The molecule has 2 unspecified atom stereocenters. The van der Waals surface area contributed by atoms with Crippen molar-refractivity contribution in [3.63, 3.8) is 0 Å². The highest BCUT2D eigenvalue weighted by molar-refractivity contribution is 6.30. The second-order valence-electron chi connectivity index (χ2n) is 9.62. The van der Waals surface area contributed by atoms with Gasteiger partial charge in [0.1, 0.15) is 0 Å². The monoisotopic (exact) mass is 473 g/mol. The zero-order valence-electron chi connectivity index (χ0n) is 17.5. The quantitative estimate of drug-likeness (QED) is 0.610. The third-order valence-corrected chi connectivity index (χ3v) is 8.16. The van der Waals surface area contributed by atoms with Crippen molar-refractivity contribution >= 4 is 48.0 Å². The third kappa shape index (κ3) is 4.57. The predicted molar refractivity (Wildman–Crippen MR) is 128 cm³/mol. The highest BCUT2D eigenvalue weighted by Crippen LogP contribution is 2.65. The van der Waals surface area contributed by atoms with Crippen molar-refractivity contribution in [3.8, 4) is 0 Å². The van der Waals surface area contributed by atoms with Crippen molar-refractivity contribution < 1.29 is 4.79 Å². The van der Waals surface area contributed by atoms with Crippen LogP contribution in [0.15, 0.2) is 24.3 Å². The van der Waals surface area contributed by atoms with Gasteiger partial charge in [0.15, 0.2) is 0 Å². The van der Waals surface area contributed by atoms with Crippen LogP contribution in [0.3, 0.4) is 0 Å². The minimum absolute atomic E-state index is 0. The van der Waals surface area contributed by atoms with Gasteiger partial charge in [-0.15, -0.1) is 24.8 Å². The van der Waals surface area contributed by atoms with Crippen molar-refractivity contribution in [2.75, 3.05) is 44.2 Å². The highest BCUT2D eigenvalue weighted by atomic mass is 35.5. The first kappa shape index (κ1) is 24.0. The molecule has 4 nitrogen and oxygen atoms in total. The topological polar surface area (TPSA) is 35.6 Å². The van der Waals surface area contributed by atoms with Gasteiger partial charge >= 0.3 is 0 Å². The van der Waals surface area contributed by atoms with Crippen LogP contribution in [-0.4, -0.2) is 50.1 Å². The Bertz CT molecular complexity index is 724. The summed E-state index contributed by atoms with van der Waals surface area (Å²) in [5.41, 5.74) is 1.25. The molecule has 168 valence electrons. The molecule has 0 aromatic heterocycles. The Balaban J connectivity index is 0.00000128. The van der Waals surface area contributed by atoms with Crippen molar-refractivity contribution in [2.24, 2.45) is 23.2 Å². The van der Waals surface area contributed by atoms with Crippen LogP contribution in [0.5, 0.6) is 0 Å². The Morgan fingerprint density at radius 3 is 2.43 bits per heavy atom. The zero-order chi connectivity index (χ0) is 19.1. The second kappa shape index (κ2) is 9.85. The maximum absolute atomic E-state index is 13.0. The molecule has 1 heterocycles. The molecule has 2 atom stereocenters. The molecule has 1 aromatic rings. The number of carbonyl (C=O) groups excluding carboxylic acids is 1. The summed E-state index contributed by atoms with van der Waals surface area (Å²) >= 11 is 6.12. The third-order valence-electron chi connectivity index (χ3n) is 7.92. The van der Waals surface area contributed by atoms with Gasteiger partial charge in [-0.1, -0.05) is 17.7 Å². The summed E-state index contributed by atoms with van der Waals surface area (Å²) in [6.45, 7) is 6.15. The molecular weight excluding hydrogens is 441 g/mol. The minimum atomic E-state index is 0. The van der Waals surface area contributed by atoms with Gasteiger partial charge in [0.25, 0.3) is 0 Å². The lowest BCUT2D eigenvalue weighted by molar-refractivity contribution is -0.132. The molecule has 4 saturated carbocycles. The van der Waals surface area contributed by atoms with Crippen LogP contribution < -0.4 is 10.2 Å². The number of halogens is 3. The lowest BCUT2D eigenvalue weighted by Gasteiger charge is -2.36. The zero-order valence-corrected chi connectivity index (χ0v) is 19.9. The van der Waals surface area contributed by atoms with Gasteiger partial charge < -0.3 is 10.2 Å². The van der Waals surface area contributed by atoms with Crippen LogP contribution in [0.25, 0.3) is 0 Å². The smallest absolute Gasteiger partial charge is 0.226 e. The van der Waals surface area contributed by atoms with Crippen molar-refractivity contribution in [2.45, 2.75) is 38.5 Å². The van der Waals surface area contributed by atoms with Crippen LogP contribution in [0, 0.1) is 23.2 Å². The molecule has 6 rings (SSSR count). The molecule has 1 saturated heterocycles. The molecule has 4 bridgehead atoms. The van der Waals surface area contributed by atoms with E-state index >= 15 is 0 Å². The average molecular weight is 475 g/mol. The summed E-state index contributed by atoms with van der Waals surface area (Å²) in [5.74, 6) is 2.77. The normalized spacial score (nSPS) is 31.9. The first-order valence-corrected chi connectivity index (χ1v) is 11.5. The van der Waals surface area contributed by atoms with Crippen molar-refractivity contribution in [3.05, 3.63) is 29.3 Å². The summed E-state index contributed by atoms with van der Waals surface area (Å²) in [5, 5.41) is 4.12. The SMILES string of the molecule is Cl.Cl.O=C(NCCCN1CCN(c2cccc(Cl)c2)CC1)C12CC3CC(CC1C3)C2. The number of piperazine rings is 1. The Morgan fingerprint density at radius 2 is 1.77 bits per heavy atom. The number of carbonyl (C=O) groups is 1. The molecule has 1 N–H and O–H groups in total. The largest absolute Gasteiger partial charge is 0.369 e. The summed E-state index contributed by atoms with van der Waals surface area (Å²) in [7, 11) is 0. The molecule has 1 amide bonds. The fourth-order valence-electron chi connectivity index (χ4n) is 6.75. The number of rotatable bonds is 6. The summed E-state index contributed by atoms with van der Waals surface area (Å²) in [6, 6.07) is 8.14. The Kier molecular flexibility index (Phi) is 7.87. The van der Waals surface area contributed by atoms with Gasteiger partial charge in [-0.25, -0.2) is 0 Å². The molecule has 7 heteroatoms. The standard InChI is InChI=1S/C23H32ClN3O.2ClH/c24-20-3-1-4-21(14-20)27-9-7-26(8-10-27)6-2-5-25-22(28)23-15-17-11-18(16-23)13-19(23)12-17;;/h1,3-4,14,17-19H,2,5-13,15-16H2,(H,25,28);2*1H. The summed E-state index contributed by atoms with van der Waals surface area (Å²) in [4.78, 5) is 17.9. The summed E-state index contributed by atoms with van der Waals surface area (Å²) in [6.07, 6.45) is 7.43. The van der Waals surface area contributed by atoms with E-state index in [0.29, 0.717) is 11.8 Å². The number of hydrogen-bond donors (Lipinski definition) is 1. The van der Waals surface area contributed by atoms with E-state index in [2.05, 4.69) is 27.2 Å². The van der Waals surface area contributed by atoms with Gasteiger partial charge in [0.2, 0.25) is 5.91 Å². The maximum Gasteiger partial charge on any atom is 0.226 e.